The highest BCUT2D eigenvalue weighted by Gasteiger charge is 2.40. The van der Waals surface area contributed by atoms with Gasteiger partial charge < -0.3 is 138 Å². The van der Waals surface area contributed by atoms with Gasteiger partial charge in [-0.15, -0.1) is 0 Å². The normalized spacial score (nSPS) is 15.3. The maximum atomic E-state index is 14.9. The Balaban J connectivity index is 2.72. The summed E-state index contributed by atoms with van der Waals surface area (Å²) in [5.41, 5.74) is 74.0. The number of hydrogen-bond donors (Lipinski definition) is 24. The van der Waals surface area contributed by atoms with Crippen LogP contribution in [-0.2, 0) is 59.2 Å². The number of nitrogens with zero attached hydrogens (tertiary/aromatic N) is 6. The van der Waals surface area contributed by atoms with E-state index in [0.29, 0.717) is 31.2 Å². The Labute approximate surface area is 598 Å². The van der Waals surface area contributed by atoms with Gasteiger partial charge >= 0.3 is 5.97 Å². The summed E-state index contributed by atoms with van der Waals surface area (Å²) in [5, 5.41) is 43.1. The van der Waals surface area contributed by atoms with Crippen molar-refractivity contribution >= 4 is 94.8 Å². The third-order valence-electron chi connectivity index (χ3n) is 16.0. The van der Waals surface area contributed by atoms with Gasteiger partial charge in [-0.2, -0.15) is 0 Å². The van der Waals surface area contributed by atoms with Crippen LogP contribution < -0.4 is 122 Å². The zero-order chi connectivity index (χ0) is 77.0. The van der Waals surface area contributed by atoms with E-state index >= 15 is 0 Å². The smallest absolute Gasteiger partial charge is 0.322 e. The molecule has 0 bridgehead atoms. The highest BCUT2D eigenvalue weighted by Crippen LogP contribution is 2.20. The minimum absolute atomic E-state index is 0.0123. The Morgan fingerprint density at radius 2 is 0.748 bits per heavy atom. The van der Waals surface area contributed by atoms with Crippen LogP contribution in [0.1, 0.15) is 128 Å². The van der Waals surface area contributed by atoms with Crippen LogP contribution in [0, 0.1) is 0 Å². The number of carboxylic acids is 1. The number of rotatable bonds is 51. The Morgan fingerprint density at radius 1 is 0.447 bits per heavy atom. The summed E-state index contributed by atoms with van der Waals surface area (Å²) in [7, 11) is 0. The van der Waals surface area contributed by atoms with E-state index in [1.54, 1.807) is 30.3 Å². The number of aliphatic hydroxyl groups is 1. The number of carbonyl (C=O) groups excluding carboxylic acids is 10. The molecule has 11 atom stereocenters. The van der Waals surface area contributed by atoms with Gasteiger partial charge in [0.1, 0.15) is 67.0 Å². The number of aliphatic carboxylic acids is 1. The molecule has 0 saturated carbocycles. The van der Waals surface area contributed by atoms with Gasteiger partial charge in [0.05, 0.1) is 6.10 Å². The average Bonchev–Trinajstić information content (AvgIpc) is 1.77. The Hall–Kier alpha value is -10.4. The van der Waals surface area contributed by atoms with Crippen LogP contribution in [0.5, 0.6) is 0 Å². The minimum atomic E-state index is -1.54. The lowest BCUT2D eigenvalue weighted by Gasteiger charge is -2.30. The van der Waals surface area contributed by atoms with Gasteiger partial charge in [-0.25, -0.2) is 0 Å². The molecule has 10 amide bonds. The van der Waals surface area contributed by atoms with Crippen molar-refractivity contribution in [2.45, 2.75) is 195 Å². The lowest BCUT2D eigenvalue weighted by Crippen LogP contribution is -2.61. The van der Waals surface area contributed by atoms with Crippen LogP contribution in [0.3, 0.4) is 0 Å². The molecule has 1 saturated heterocycles. The van der Waals surface area contributed by atoms with E-state index in [1.807, 2.05) is 0 Å². The van der Waals surface area contributed by atoms with Crippen molar-refractivity contribution in [3.63, 3.8) is 0 Å². The summed E-state index contributed by atoms with van der Waals surface area (Å²) >= 11 is 0. The van der Waals surface area contributed by atoms with Crippen molar-refractivity contribution in [3.8, 4) is 0 Å². The predicted octanol–water partition coefficient (Wildman–Crippen LogP) is -9.47. The number of guanidine groups is 5. The fourth-order valence-corrected chi connectivity index (χ4v) is 10.6. The van der Waals surface area contributed by atoms with E-state index in [1.165, 1.54) is 11.8 Å². The monoisotopic (exact) mass is 1460 g/mol. The summed E-state index contributed by atoms with van der Waals surface area (Å²) in [4.78, 5) is 176. The van der Waals surface area contributed by atoms with Gasteiger partial charge in [0.15, 0.2) is 29.8 Å². The summed E-state index contributed by atoms with van der Waals surface area (Å²) in [5.74, 6) is -11.2. The Morgan fingerprint density at radius 3 is 1.06 bits per heavy atom. The number of amides is 10. The lowest BCUT2D eigenvalue weighted by molar-refractivity contribution is -0.142. The van der Waals surface area contributed by atoms with Crippen LogP contribution in [0.2, 0.25) is 0 Å². The summed E-state index contributed by atoms with van der Waals surface area (Å²) in [6, 6.07) is -5.46. The van der Waals surface area contributed by atoms with Gasteiger partial charge in [0.2, 0.25) is 59.1 Å². The van der Waals surface area contributed by atoms with Gasteiger partial charge in [-0.3, -0.25) is 77.7 Å². The second-order valence-corrected chi connectivity index (χ2v) is 24.6. The first kappa shape index (κ1) is 88.7. The molecule has 103 heavy (non-hydrogen) atoms. The van der Waals surface area contributed by atoms with Crippen LogP contribution in [0.15, 0.2) is 55.3 Å². The molecule has 41 heteroatoms. The molecule has 1 aliphatic rings. The quantitative estimate of drug-likeness (QED) is 0.0164. The van der Waals surface area contributed by atoms with Crippen molar-refractivity contribution in [2.24, 2.45) is 99.5 Å². The summed E-state index contributed by atoms with van der Waals surface area (Å²) in [6.07, 6.45) is 0.182. The van der Waals surface area contributed by atoms with Crippen molar-refractivity contribution < 1.29 is 63.0 Å². The van der Waals surface area contributed by atoms with Gasteiger partial charge in [-0.05, 0) is 141 Å². The largest absolute Gasteiger partial charge is 0.480 e. The molecule has 0 aliphatic carbocycles. The zero-order valence-corrected chi connectivity index (χ0v) is 58.6. The first-order valence-electron chi connectivity index (χ1n) is 34.3. The number of carbonyl (C=O) groups is 11. The van der Waals surface area contributed by atoms with Crippen molar-refractivity contribution in [1.29, 1.82) is 0 Å². The highest BCUT2D eigenvalue weighted by atomic mass is 16.4. The molecule has 1 heterocycles. The molecular formula is C62H112N28O13. The van der Waals surface area contributed by atoms with E-state index in [4.69, 9.17) is 74.5 Å². The number of hydrogen-bond acceptors (Lipinski definition) is 20. The van der Waals surface area contributed by atoms with Crippen molar-refractivity contribution in [2.75, 3.05) is 58.9 Å². The molecule has 0 aromatic heterocycles. The molecule has 0 spiro atoms. The number of aliphatic imine (C=N–C) groups is 5. The molecule has 578 valence electrons. The van der Waals surface area contributed by atoms with E-state index in [2.05, 4.69) is 72.8 Å². The van der Waals surface area contributed by atoms with Gasteiger partial charge in [0.25, 0.3) is 0 Å². The molecular weight excluding hydrogens is 1340 g/mol. The molecule has 1 aliphatic heterocycles. The molecule has 0 radical (unpaired) electrons. The van der Waals surface area contributed by atoms with E-state index in [0.717, 1.165) is 0 Å². The molecule has 41 nitrogen and oxygen atoms in total. The topological polar surface area (TPSA) is 740 Å². The number of carboxylic acid groups (broad SMARTS) is 1. The van der Waals surface area contributed by atoms with Crippen LogP contribution in [0.4, 0.5) is 0 Å². The number of unbranched alkanes of at least 4 members (excludes halogenated alkanes) is 2. The molecule has 1 aromatic rings. The SMILES string of the molecule is C[C@@H](O)[C@H](N)C(=O)N1CCC[C@H]1C(=O)N[C@@H](CCCN=C(N)N)C(=O)N[C@@H](Cc1ccccc1)C(=O)N[C@@H](CCCN=C(N)N)C(=O)N[C@@H](CCCN=C(N)N)C(=O)N[C@@H](CCCN=C(N)N)C(=O)N[C@@H](CCCCN)C(=O)N[C@@H](CCCCN)C(=O)N[C@@H](CCCN=C(N)N)C(=O)NCC(=O)O. The van der Waals surface area contributed by atoms with E-state index in [9.17, 15) is 63.0 Å². The molecule has 1 fully saturated rings. The first-order chi connectivity index (χ1) is 48.9. The number of aliphatic hydroxyl groups excluding tert-OH is 1. The predicted molar refractivity (Wildman–Crippen MR) is 386 cm³/mol. The highest BCUT2D eigenvalue weighted by molar-refractivity contribution is 5.99. The average molecular weight is 1460 g/mol. The standard InChI is InChI=1S/C62H112N28O13/c1-35(91)47(65)57(103)90-32-14-24-45(90)56(102)88-43(23-13-31-80-62(74)75)54(100)89-44(33-36-15-3-2-4-16-36)55(101)87-42(22-12-30-79-61(72)73)53(99)86-41(21-11-29-78-60(70)71)52(98)85-40(20-10-28-77-59(68)69)51(97)84-39(18-6-8-26-64)50(96)83-38(17-5-7-25-63)49(95)82-37(19-9-27-76-58(66)67)48(94)81-34-46(92)93/h2-4,15-16,35,37-45,47,91H,5-14,17-34,63-65H2,1H3,(H,81,94)(H,82,95)(H,83,96)(H,84,97)(H,85,98)(H,86,99)(H,87,101)(H,88,102)(H,89,100)(H,92,93)(H4,66,67,76)(H4,68,69,77)(H4,70,71,78)(H4,72,73,79)(H4,74,75,80)/t35-,37+,38+,39+,40+,41+,42+,43+,44+,45+,47+/m1/s1. The van der Waals surface area contributed by atoms with E-state index < -0.39 is 138 Å². The maximum absolute atomic E-state index is 14.9. The van der Waals surface area contributed by atoms with Gasteiger partial charge in [-0.1, -0.05) is 30.3 Å². The second kappa shape index (κ2) is 49.2. The summed E-state index contributed by atoms with van der Waals surface area (Å²) < 4.78 is 0. The minimum Gasteiger partial charge on any atom is -0.480 e. The number of likely N-dealkylation sites (tertiary alicyclic amines) is 1. The van der Waals surface area contributed by atoms with Crippen LogP contribution in [-0.4, -0.2) is 235 Å². The second-order valence-electron chi connectivity index (χ2n) is 24.6. The van der Waals surface area contributed by atoms with Crippen molar-refractivity contribution in [3.05, 3.63) is 35.9 Å². The lowest BCUT2D eigenvalue weighted by atomic mass is 10.0. The fraction of sp³-hybridized carbons (Fsp3) is 0.645. The van der Waals surface area contributed by atoms with Gasteiger partial charge in [0, 0.05) is 45.7 Å². The summed E-state index contributed by atoms with van der Waals surface area (Å²) in [6.45, 7) is 1.03. The molecule has 0 unspecified atom stereocenters. The molecule has 2 rings (SSSR count). The van der Waals surface area contributed by atoms with E-state index in [-0.39, 0.29) is 178 Å². The van der Waals surface area contributed by atoms with Crippen molar-refractivity contribution in [1.82, 2.24) is 52.8 Å². The maximum Gasteiger partial charge on any atom is 0.322 e. The molecule has 37 N–H and O–H groups in total. The third-order valence-corrected chi connectivity index (χ3v) is 16.0. The first-order valence-corrected chi connectivity index (χ1v) is 34.3. The number of nitrogens with one attached hydrogen (secondary N) is 9. The Bertz CT molecular complexity index is 3030. The van der Waals surface area contributed by atoms with Crippen LogP contribution >= 0.6 is 0 Å². The Kier molecular flexibility index (Phi) is 42.4. The number of benzene rings is 1. The van der Waals surface area contributed by atoms with Crippen LogP contribution in [0.25, 0.3) is 0 Å². The third kappa shape index (κ3) is 36.7. The zero-order valence-electron chi connectivity index (χ0n) is 58.6. The molecule has 1 aromatic carbocycles. The fourth-order valence-electron chi connectivity index (χ4n) is 10.6. The number of nitrogens with two attached hydrogens (primary N) is 13.